The molecule has 0 saturated carbocycles. The van der Waals surface area contributed by atoms with Crippen molar-refractivity contribution in [3.63, 3.8) is 0 Å². The third-order valence-corrected chi connectivity index (χ3v) is 1.95. The summed E-state index contributed by atoms with van der Waals surface area (Å²) in [6, 6.07) is 0.300. The quantitative estimate of drug-likeness (QED) is 0.471. The fourth-order valence-corrected chi connectivity index (χ4v) is 1.50. The van der Waals surface area contributed by atoms with Crippen molar-refractivity contribution in [3.8, 4) is 0 Å². The Kier molecular flexibility index (Phi) is 2.31. The maximum atomic E-state index is 5.78. The Hall–Kier alpha value is -0.730. The molecule has 1 heterocycles. The average molecular weight is 169 g/mol. The first-order chi connectivity index (χ1) is 5.41. The number of likely N-dealkylation sites (tertiary alicyclic amines) is 1. The summed E-state index contributed by atoms with van der Waals surface area (Å²) in [6.07, 6.45) is 0. The van der Waals surface area contributed by atoms with E-state index in [-0.39, 0.29) is 0 Å². The van der Waals surface area contributed by atoms with Crippen molar-refractivity contribution in [2.45, 2.75) is 33.7 Å². The molecule has 0 amide bonds. The van der Waals surface area contributed by atoms with Crippen molar-refractivity contribution >= 4 is 5.96 Å². The van der Waals surface area contributed by atoms with Crippen LogP contribution in [0.3, 0.4) is 0 Å². The molecule has 1 aliphatic rings. The molecule has 1 aliphatic heterocycles. The summed E-state index contributed by atoms with van der Waals surface area (Å²) >= 11 is 0. The molecule has 0 bridgehead atoms. The second-order valence-electron chi connectivity index (χ2n) is 4.60. The van der Waals surface area contributed by atoms with Gasteiger partial charge in [-0.1, -0.05) is 13.8 Å². The first-order valence-electron chi connectivity index (χ1n) is 4.49. The van der Waals surface area contributed by atoms with E-state index in [1.165, 1.54) is 0 Å². The highest BCUT2D eigenvalue weighted by Crippen LogP contribution is 2.27. The zero-order valence-corrected chi connectivity index (χ0v) is 8.46. The van der Waals surface area contributed by atoms with Crippen LogP contribution in [0.4, 0.5) is 0 Å². The number of hydrogen-bond donors (Lipinski definition) is 1. The molecule has 3 nitrogen and oxygen atoms in total. The average Bonchev–Trinajstić information content (AvgIpc) is 1.80. The lowest BCUT2D eigenvalue weighted by Crippen LogP contribution is -2.57. The summed E-state index contributed by atoms with van der Waals surface area (Å²) in [4.78, 5) is 6.41. The molecule has 3 heteroatoms. The third-order valence-electron chi connectivity index (χ3n) is 1.95. The van der Waals surface area contributed by atoms with Crippen LogP contribution >= 0.6 is 0 Å². The predicted octanol–water partition coefficient (Wildman–Crippen LogP) is 1.05. The number of nitrogens with two attached hydrogens (primary N) is 1. The van der Waals surface area contributed by atoms with Gasteiger partial charge in [-0.25, -0.2) is 0 Å². The van der Waals surface area contributed by atoms with E-state index in [4.69, 9.17) is 5.73 Å². The fraction of sp³-hybridized carbons (Fsp3) is 0.889. The molecule has 0 aromatic carbocycles. The minimum atomic E-state index is 0.300. The minimum absolute atomic E-state index is 0.300. The lowest BCUT2D eigenvalue weighted by Gasteiger charge is -2.46. The molecule has 0 aliphatic carbocycles. The third kappa shape index (κ3) is 2.13. The van der Waals surface area contributed by atoms with Crippen LogP contribution < -0.4 is 5.73 Å². The van der Waals surface area contributed by atoms with Crippen LogP contribution in [0.2, 0.25) is 0 Å². The number of hydrogen-bond acceptors (Lipinski definition) is 1. The predicted molar refractivity (Wildman–Crippen MR) is 52.1 cm³/mol. The fourth-order valence-electron chi connectivity index (χ4n) is 1.50. The van der Waals surface area contributed by atoms with Crippen molar-refractivity contribution in [1.29, 1.82) is 0 Å². The van der Waals surface area contributed by atoms with E-state index in [0.717, 1.165) is 13.1 Å². The van der Waals surface area contributed by atoms with Gasteiger partial charge in [0.05, 0.1) is 0 Å². The normalized spacial score (nSPS) is 22.8. The van der Waals surface area contributed by atoms with Gasteiger partial charge in [0, 0.05) is 19.1 Å². The molecule has 12 heavy (non-hydrogen) atoms. The zero-order valence-electron chi connectivity index (χ0n) is 8.46. The Morgan fingerprint density at radius 1 is 1.42 bits per heavy atom. The second kappa shape index (κ2) is 2.96. The van der Waals surface area contributed by atoms with E-state index < -0.39 is 0 Å². The summed E-state index contributed by atoms with van der Waals surface area (Å²) in [6.45, 7) is 10.6. The maximum Gasteiger partial charge on any atom is 0.191 e. The van der Waals surface area contributed by atoms with Gasteiger partial charge in [-0.2, -0.15) is 0 Å². The topological polar surface area (TPSA) is 41.6 Å². The van der Waals surface area contributed by atoms with E-state index in [2.05, 4.69) is 23.7 Å². The summed E-state index contributed by atoms with van der Waals surface area (Å²) in [7, 11) is 0. The molecule has 70 valence electrons. The first-order valence-corrected chi connectivity index (χ1v) is 4.49. The Morgan fingerprint density at radius 3 is 2.25 bits per heavy atom. The van der Waals surface area contributed by atoms with Crippen LogP contribution in [0.15, 0.2) is 4.99 Å². The van der Waals surface area contributed by atoms with Crippen molar-refractivity contribution in [2.24, 2.45) is 16.1 Å². The first kappa shape index (κ1) is 9.36. The highest BCUT2D eigenvalue weighted by atomic mass is 15.3. The van der Waals surface area contributed by atoms with E-state index in [1.54, 1.807) is 0 Å². The van der Waals surface area contributed by atoms with Crippen LogP contribution in [0.25, 0.3) is 0 Å². The molecule has 1 saturated heterocycles. The van der Waals surface area contributed by atoms with Crippen molar-refractivity contribution in [2.75, 3.05) is 13.1 Å². The molecule has 0 radical (unpaired) electrons. The lowest BCUT2D eigenvalue weighted by atomic mass is 9.85. The molecule has 2 N–H and O–H groups in total. The smallest absolute Gasteiger partial charge is 0.191 e. The number of aliphatic imine (C=N–C) groups is 1. The molecule has 1 fully saturated rings. The number of guanidine groups is 1. The van der Waals surface area contributed by atoms with Gasteiger partial charge in [-0.15, -0.1) is 0 Å². The molecule has 0 unspecified atom stereocenters. The summed E-state index contributed by atoms with van der Waals surface area (Å²) in [5, 5.41) is 0. The number of rotatable bonds is 1. The molecule has 0 aromatic heterocycles. The second-order valence-corrected chi connectivity index (χ2v) is 4.60. The molecule has 0 spiro atoms. The standard InChI is InChI=1S/C9H19N3/c1-7(2)11-8(10)12-5-9(3,4)6-12/h7H,5-6H2,1-4H3,(H2,10,11). The van der Waals surface area contributed by atoms with E-state index >= 15 is 0 Å². The van der Waals surface area contributed by atoms with Crippen molar-refractivity contribution in [3.05, 3.63) is 0 Å². The van der Waals surface area contributed by atoms with Gasteiger partial charge in [0.2, 0.25) is 0 Å². The zero-order chi connectivity index (χ0) is 9.35. The van der Waals surface area contributed by atoms with Crippen LogP contribution in [-0.4, -0.2) is 30.0 Å². The summed E-state index contributed by atoms with van der Waals surface area (Å²) in [5.41, 5.74) is 6.20. The van der Waals surface area contributed by atoms with Gasteiger partial charge in [0.1, 0.15) is 0 Å². The molecular weight excluding hydrogens is 150 g/mol. The van der Waals surface area contributed by atoms with Crippen molar-refractivity contribution < 1.29 is 0 Å². The van der Waals surface area contributed by atoms with Gasteiger partial charge in [0.15, 0.2) is 5.96 Å². The van der Waals surface area contributed by atoms with Gasteiger partial charge in [-0.05, 0) is 19.3 Å². The summed E-state index contributed by atoms with van der Waals surface area (Å²) in [5.74, 6) is 0.698. The number of nitrogens with zero attached hydrogens (tertiary/aromatic N) is 2. The maximum absolute atomic E-state index is 5.78. The summed E-state index contributed by atoms with van der Waals surface area (Å²) < 4.78 is 0. The van der Waals surface area contributed by atoms with E-state index in [0.29, 0.717) is 17.4 Å². The van der Waals surface area contributed by atoms with Gasteiger partial charge < -0.3 is 10.6 Å². The Bertz CT molecular complexity index is 186. The van der Waals surface area contributed by atoms with Crippen molar-refractivity contribution in [1.82, 2.24) is 4.90 Å². The largest absolute Gasteiger partial charge is 0.370 e. The van der Waals surface area contributed by atoms with Gasteiger partial charge in [-0.3, -0.25) is 4.99 Å². The van der Waals surface area contributed by atoms with E-state index in [1.807, 2.05) is 13.8 Å². The SMILES string of the molecule is CC(C)N=C(N)N1CC(C)(C)C1. The van der Waals surface area contributed by atoms with Crippen LogP contribution in [0.5, 0.6) is 0 Å². The van der Waals surface area contributed by atoms with Crippen LogP contribution in [0.1, 0.15) is 27.7 Å². The van der Waals surface area contributed by atoms with Crippen LogP contribution in [0, 0.1) is 5.41 Å². The highest BCUT2D eigenvalue weighted by Gasteiger charge is 2.35. The lowest BCUT2D eigenvalue weighted by molar-refractivity contribution is 0.0969. The minimum Gasteiger partial charge on any atom is -0.370 e. The Labute approximate surface area is 74.6 Å². The Morgan fingerprint density at radius 2 is 1.92 bits per heavy atom. The monoisotopic (exact) mass is 169 g/mol. The van der Waals surface area contributed by atoms with E-state index in [9.17, 15) is 0 Å². The molecule has 0 aromatic rings. The molecule has 0 atom stereocenters. The molecule has 1 rings (SSSR count). The molecular formula is C9H19N3. The highest BCUT2D eigenvalue weighted by molar-refractivity contribution is 5.79. The Balaban J connectivity index is 2.43. The van der Waals surface area contributed by atoms with Gasteiger partial charge >= 0.3 is 0 Å². The van der Waals surface area contributed by atoms with Gasteiger partial charge in [0.25, 0.3) is 0 Å². The van der Waals surface area contributed by atoms with Crippen LogP contribution in [-0.2, 0) is 0 Å².